The summed E-state index contributed by atoms with van der Waals surface area (Å²) in [6.45, 7) is 0.927. The maximum atomic E-state index is 11.9. The molecule has 1 aliphatic rings. The number of benzene rings is 2. The van der Waals surface area contributed by atoms with Crippen LogP contribution in [0, 0.1) is 0 Å². The third kappa shape index (κ3) is 3.60. The molecule has 1 N–H and O–H groups in total. The highest BCUT2D eigenvalue weighted by molar-refractivity contribution is 6.30. The predicted molar refractivity (Wildman–Crippen MR) is 87.7 cm³/mol. The molecule has 1 aliphatic carbocycles. The maximum absolute atomic E-state index is 11.9. The molecule has 114 valence electrons. The molecule has 0 spiro atoms. The second-order valence-corrected chi connectivity index (χ2v) is 5.83. The van der Waals surface area contributed by atoms with E-state index in [-0.39, 0.29) is 5.91 Å². The van der Waals surface area contributed by atoms with Gasteiger partial charge >= 0.3 is 0 Å². The fourth-order valence-corrected chi connectivity index (χ4v) is 2.80. The molecule has 2 aromatic carbocycles. The summed E-state index contributed by atoms with van der Waals surface area (Å²) >= 11 is 5.80. The Bertz CT molecular complexity index is 667. The number of carbonyl (C=O) groups is 1. The van der Waals surface area contributed by atoms with Crippen molar-refractivity contribution >= 4 is 17.5 Å². The zero-order valence-corrected chi connectivity index (χ0v) is 13.0. The summed E-state index contributed by atoms with van der Waals surface area (Å²) in [7, 11) is 0. The van der Waals surface area contributed by atoms with Crippen LogP contribution in [0.3, 0.4) is 0 Å². The van der Waals surface area contributed by atoms with E-state index in [1.165, 1.54) is 24.0 Å². The molecule has 2 aromatic rings. The Hall–Kier alpha value is -2.00. The van der Waals surface area contributed by atoms with Gasteiger partial charge in [-0.25, -0.2) is 0 Å². The van der Waals surface area contributed by atoms with Crippen LogP contribution in [0.25, 0.3) is 0 Å². The van der Waals surface area contributed by atoms with Gasteiger partial charge in [0.25, 0.3) is 5.91 Å². The van der Waals surface area contributed by atoms with Gasteiger partial charge in [0.15, 0.2) is 0 Å². The number of halogens is 1. The molecule has 3 rings (SSSR count). The summed E-state index contributed by atoms with van der Waals surface area (Å²) in [5.41, 5.74) is 3.42. The average molecular weight is 316 g/mol. The van der Waals surface area contributed by atoms with Crippen LogP contribution in [0.4, 0.5) is 0 Å². The van der Waals surface area contributed by atoms with Gasteiger partial charge in [0.1, 0.15) is 12.4 Å². The number of fused-ring (bicyclic) bond motifs is 1. The number of amides is 1. The first kappa shape index (κ1) is 14.9. The van der Waals surface area contributed by atoms with Gasteiger partial charge in [-0.3, -0.25) is 4.79 Å². The van der Waals surface area contributed by atoms with Crippen LogP contribution in [-0.2, 0) is 12.8 Å². The molecular weight excluding hydrogens is 298 g/mol. The van der Waals surface area contributed by atoms with E-state index in [1.54, 1.807) is 24.3 Å². The van der Waals surface area contributed by atoms with Gasteiger partial charge in [0.2, 0.25) is 0 Å². The molecule has 0 radical (unpaired) electrons. The van der Waals surface area contributed by atoms with Gasteiger partial charge in [-0.05, 0) is 66.8 Å². The van der Waals surface area contributed by atoms with Crippen LogP contribution < -0.4 is 10.1 Å². The first-order valence-electron chi connectivity index (χ1n) is 7.51. The number of aryl methyl sites for hydroxylation is 2. The fraction of sp³-hybridized carbons (Fsp3) is 0.278. The molecule has 0 fully saturated rings. The van der Waals surface area contributed by atoms with E-state index in [0.717, 1.165) is 12.2 Å². The molecule has 0 saturated heterocycles. The fourth-order valence-electron chi connectivity index (χ4n) is 2.67. The Balaban J connectivity index is 1.45. The van der Waals surface area contributed by atoms with Crippen molar-refractivity contribution in [1.82, 2.24) is 5.32 Å². The summed E-state index contributed by atoms with van der Waals surface area (Å²) in [6, 6.07) is 13.1. The van der Waals surface area contributed by atoms with Gasteiger partial charge in [-0.15, -0.1) is 0 Å². The number of rotatable bonds is 5. The number of hydrogen-bond donors (Lipinski definition) is 1. The lowest BCUT2D eigenvalue weighted by Crippen LogP contribution is -2.28. The normalized spacial score (nSPS) is 12.8. The Kier molecular flexibility index (Phi) is 4.64. The lowest BCUT2D eigenvalue weighted by molar-refractivity contribution is 0.0947. The Morgan fingerprint density at radius 2 is 1.86 bits per heavy atom. The molecule has 0 aliphatic heterocycles. The maximum Gasteiger partial charge on any atom is 0.251 e. The van der Waals surface area contributed by atoms with Gasteiger partial charge < -0.3 is 10.1 Å². The molecule has 0 unspecified atom stereocenters. The molecule has 1 amide bonds. The van der Waals surface area contributed by atoms with Gasteiger partial charge in [0, 0.05) is 10.6 Å². The van der Waals surface area contributed by atoms with E-state index in [0.29, 0.717) is 23.7 Å². The smallest absolute Gasteiger partial charge is 0.251 e. The van der Waals surface area contributed by atoms with E-state index in [4.69, 9.17) is 16.3 Å². The van der Waals surface area contributed by atoms with Gasteiger partial charge in [-0.1, -0.05) is 17.7 Å². The largest absolute Gasteiger partial charge is 0.492 e. The third-order valence-electron chi connectivity index (χ3n) is 3.83. The first-order valence-corrected chi connectivity index (χ1v) is 7.88. The summed E-state index contributed by atoms with van der Waals surface area (Å²) in [5, 5.41) is 3.46. The number of carbonyl (C=O) groups excluding carboxylic acids is 1. The van der Waals surface area contributed by atoms with E-state index >= 15 is 0 Å². The average Bonchev–Trinajstić information content (AvgIpc) is 2.99. The summed E-state index contributed by atoms with van der Waals surface area (Å²) in [4.78, 5) is 11.9. The van der Waals surface area contributed by atoms with Crippen LogP contribution in [0.1, 0.15) is 27.9 Å². The summed E-state index contributed by atoms with van der Waals surface area (Å²) in [5.74, 6) is 0.760. The van der Waals surface area contributed by atoms with Crippen LogP contribution in [0.5, 0.6) is 5.75 Å². The number of ether oxygens (including phenoxy) is 1. The summed E-state index contributed by atoms with van der Waals surface area (Å²) < 4.78 is 5.70. The lowest BCUT2D eigenvalue weighted by Gasteiger charge is -2.09. The number of hydrogen-bond acceptors (Lipinski definition) is 2. The monoisotopic (exact) mass is 315 g/mol. The predicted octanol–water partition coefficient (Wildman–Crippen LogP) is 3.64. The van der Waals surface area contributed by atoms with Gasteiger partial charge in [0.05, 0.1) is 6.54 Å². The van der Waals surface area contributed by atoms with Crippen LogP contribution in [-0.4, -0.2) is 19.1 Å². The number of nitrogens with one attached hydrogen (secondary N) is 1. The van der Waals surface area contributed by atoms with Crippen molar-refractivity contribution in [3.63, 3.8) is 0 Å². The van der Waals surface area contributed by atoms with Crippen molar-refractivity contribution in [3.05, 3.63) is 64.2 Å². The lowest BCUT2D eigenvalue weighted by atomic mass is 10.1. The quantitative estimate of drug-likeness (QED) is 0.856. The standard InChI is InChI=1S/C18H18ClNO2/c19-16-7-4-14(5-8-16)18(21)20-10-11-22-17-9-6-13-2-1-3-15(13)12-17/h4-9,12H,1-3,10-11H2,(H,20,21). The Morgan fingerprint density at radius 3 is 2.68 bits per heavy atom. The highest BCUT2D eigenvalue weighted by Crippen LogP contribution is 2.25. The zero-order chi connectivity index (χ0) is 15.4. The van der Waals surface area contributed by atoms with Crippen molar-refractivity contribution in [3.8, 4) is 5.75 Å². The van der Waals surface area contributed by atoms with Crippen LogP contribution in [0.2, 0.25) is 5.02 Å². The van der Waals surface area contributed by atoms with Gasteiger partial charge in [-0.2, -0.15) is 0 Å². The van der Waals surface area contributed by atoms with E-state index in [2.05, 4.69) is 17.4 Å². The van der Waals surface area contributed by atoms with Crippen LogP contribution in [0.15, 0.2) is 42.5 Å². The second kappa shape index (κ2) is 6.84. The molecule has 0 heterocycles. The third-order valence-corrected chi connectivity index (χ3v) is 4.08. The van der Waals surface area contributed by atoms with Crippen molar-refractivity contribution < 1.29 is 9.53 Å². The SMILES string of the molecule is O=C(NCCOc1ccc2c(c1)CCC2)c1ccc(Cl)cc1. The van der Waals surface area contributed by atoms with E-state index in [9.17, 15) is 4.79 Å². The minimum Gasteiger partial charge on any atom is -0.492 e. The highest BCUT2D eigenvalue weighted by atomic mass is 35.5. The van der Waals surface area contributed by atoms with Crippen molar-refractivity contribution in [2.24, 2.45) is 0 Å². The Morgan fingerprint density at radius 1 is 1.09 bits per heavy atom. The molecular formula is C18H18ClNO2. The molecule has 0 bridgehead atoms. The van der Waals surface area contributed by atoms with E-state index < -0.39 is 0 Å². The minimum atomic E-state index is -0.116. The molecule has 0 saturated carbocycles. The molecule has 22 heavy (non-hydrogen) atoms. The zero-order valence-electron chi connectivity index (χ0n) is 12.3. The van der Waals surface area contributed by atoms with E-state index in [1.807, 2.05) is 6.07 Å². The first-order chi connectivity index (χ1) is 10.7. The topological polar surface area (TPSA) is 38.3 Å². The molecule has 3 nitrogen and oxygen atoms in total. The van der Waals surface area contributed by atoms with Crippen molar-refractivity contribution in [2.75, 3.05) is 13.2 Å². The summed E-state index contributed by atoms with van der Waals surface area (Å²) in [6.07, 6.45) is 3.54. The van der Waals surface area contributed by atoms with Crippen molar-refractivity contribution in [2.45, 2.75) is 19.3 Å². The highest BCUT2D eigenvalue weighted by Gasteiger charge is 2.11. The second-order valence-electron chi connectivity index (χ2n) is 5.40. The molecule has 4 heteroatoms. The molecule has 0 atom stereocenters. The van der Waals surface area contributed by atoms with Crippen molar-refractivity contribution in [1.29, 1.82) is 0 Å². The Labute approximate surface area is 135 Å². The van der Waals surface area contributed by atoms with Crippen LogP contribution >= 0.6 is 11.6 Å². The minimum absolute atomic E-state index is 0.116. The molecule has 0 aromatic heterocycles.